The molecule has 1 aromatic heterocycles. The van der Waals surface area contributed by atoms with Gasteiger partial charge in [-0.1, -0.05) is 6.07 Å². The van der Waals surface area contributed by atoms with Crippen LogP contribution < -0.4 is 0 Å². The SMILES string of the molecule is Cc1cccnc1CN1CCC(CCC(=O)O)C1. The first-order chi connectivity index (χ1) is 8.65. The number of carboxylic acid groups (broad SMARTS) is 1. The van der Waals surface area contributed by atoms with Gasteiger partial charge in [0, 0.05) is 25.7 Å². The Morgan fingerprint density at radius 3 is 3.17 bits per heavy atom. The summed E-state index contributed by atoms with van der Waals surface area (Å²) >= 11 is 0. The highest BCUT2D eigenvalue weighted by atomic mass is 16.4. The van der Waals surface area contributed by atoms with E-state index in [4.69, 9.17) is 5.11 Å². The Hall–Kier alpha value is -1.42. The highest BCUT2D eigenvalue weighted by molar-refractivity contribution is 5.66. The zero-order valence-corrected chi connectivity index (χ0v) is 10.8. The molecule has 2 heterocycles. The summed E-state index contributed by atoms with van der Waals surface area (Å²) in [5.41, 5.74) is 2.36. The van der Waals surface area contributed by atoms with E-state index in [2.05, 4.69) is 22.9 Å². The number of aromatic nitrogens is 1. The third-order valence-corrected chi connectivity index (χ3v) is 3.63. The van der Waals surface area contributed by atoms with Crippen LogP contribution in [0.25, 0.3) is 0 Å². The van der Waals surface area contributed by atoms with Crippen molar-refractivity contribution in [2.24, 2.45) is 5.92 Å². The number of pyridine rings is 1. The van der Waals surface area contributed by atoms with Crippen LogP contribution in [0.2, 0.25) is 0 Å². The second kappa shape index (κ2) is 5.96. The van der Waals surface area contributed by atoms with Gasteiger partial charge < -0.3 is 5.11 Å². The fourth-order valence-corrected chi connectivity index (χ4v) is 2.52. The summed E-state index contributed by atoms with van der Waals surface area (Å²) in [5.74, 6) is -0.154. The van der Waals surface area contributed by atoms with Gasteiger partial charge in [-0.15, -0.1) is 0 Å². The quantitative estimate of drug-likeness (QED) is 0.866. The lowest BCUT2D eigenvalue weighted by Crippen LogP contribution is -2.21. The summed E-state index contributed by atoms with van der Waals surface area (Å²) in [5, 5.41) is 8.69. The Morgan fingerprint density at radius 2 is 2.44 bits per heavy atom. The van der Waals surface area contributed by atoms with Crippen LogP contribution in [-0.4, -0.2) is 34.0 Å². The summed E-state index contributed by atoms with van der Waals surface area (Å²) < 4.78 is 0. The number of likely N-dealkylation sites (tertiary alicyclic amines) is 1. The molecule has 1 aromatic rings. The summed E-state index contributed by atoms with van der Waals surface area (Å²) in [7, 11) is 0. The maximum Gasteiger partial charge on any atom is 0.303 e. The van der Waals surface area contributed by atoms with E-state index in [0.29, 0.717) is 12.3 Å². The number of hydrogen-bond donors (Lipinski definition) is 1. The van der Waals surface area contributed by atoms with Crippen molar-refractivity contribution >= 4 is 5.97 Å². The summed E-state index contributed by atoms with van der Waals surface area (Å²) in [6, 6.07) is 4.04. The lowest BCUT2D eigenvalue weighted by Gasteiger charge is -2.16. The number of rotatable bonds is 5. The largest absolute Gasteiger partial charge is 0.481 e. The molecule has 98 valence electrons. The van der Waals surface area contributed by atoms with Crippen molar-refractivity contribution < 1.29 is 9.90 Å². The van der Waals surface area contributed by atoms with Crippen LogP contribution in [0.4, 0.5) is 0 Å². The molecular weight excluding hydrogens is 228 g/mol. The van der Waals surface area contributed by atoms with Crippen molar-refractivity contribution in [2.75, 3.05) is 13.1 Å². The van der Waals surface area contributed by atoms with Crippen LogP contribution >= 0.6 is 0 Å². The van der Waals surface area contributed by atoms with Crippen LogP contribution in [-0.2, 0) is 11.3 Å². The van der Waals surface area contributed by atoms with Crippen LogP contribution in [0, 0.1) is 12.8 Å². The van der Waals surface area contributed by atoms with Crippen molar-refractivity contribution in [3.8, 4) is 0 Å². The molecule has 0 aliphatic carbocycles. The fraction of sp³-hybridized carbons (Fsp3) is 0.571. The van der Waals surface area contributed by atoms with Crippen LogP contribution in [0.3, 0.4) is 0 Å². The zero-order chi connectivity index (χ0) is 13.0. The van der Waals surface area contributed by atoms with Gasteiger partial charge in [-0.05, 0) is 43.9 Å². The molecule has 0 radical (unpaired) electrons. The molecule has 18 heavy (non-hydrogen) atoms. The van der Waals surface area contributed by atoms with Gasteiger partial charge in [-0.3, -0.25) is 14.7 Å². The molecule has 0 amide bonds. The summed E-state index contributed by atoms with van der Waals surface area (Å²) in [6.45, 7) is 5.03. The molecule has 4 nitrogen and oxygen atoms in total. The predicted octanol–water partition coefficient (Wildman–Crippen LogP) is 2.08. The third-order valence-electron chi connectivity index (χ3n) is 3.63. The number of carboxylic acids is 1. The lowest BCUT2D eigenvalue weighted by molar-refractivity contribution is -0.137. The van der Waals surface area contributed by atoms with Crippen molar-refractivity contribution in [1.82, 2.24) is 9.88 Å². The first kappa shape index (κ1) is 13.0. The van der Waals surface area contributed by atoms with Crippen molar-refractivity contribution in [2.45, 2.75) is 32.7 Å². The van der Waals surface area contributed by atoms with Crippen molar-refractivity contribution in [1.29, 1.82) is 0 Å². The van der Waals surface area contributed by atoms with Crippen LogP contribution in [0.1, 0.15) is 30.5 Å². The molecule has 1 unspecified atom stereocenters. The first-order valence-corrected chi connectivity index (χ1v) is 6.50. The van der Waals surface area contributed by atoms with Gasteiger partial charge in [0.15, 0.2) is 0 Å². The van der Waals surface area contributed by atoms with Crippen molar-refractivity contribution in [3.05, 3.63) is 29.6 Å². The van der Waals surface area contributed by atoms with E-state index >= 15 is 0 Å². The molecular formula is C14H20N2O2. The minimum atomic E-state index is -0.686. The van der Waals surface area contributed by atoms with Gasteiger partial charge in [0.25, 0.3) is 0 Å². The Kier molecular flexibility index (Phi) is 4.31. The van der Waals surface area contributed by atoms with Gasteiger partial charge in [-0.25, -0.2) is 0 Å². The predicted molar refractivity (Wildman–Crippen MR) is 69.2 cm³/mol. The second-order valence-electron chi connectivity index (χ2n) is 5.09. The molecule has 0 aromatic carbocycles. The average molecular weight is 248 g/mol. The number of carbonyl (C=O) groups is 1. The normalized spacial score (nSPS) is 20.2. The maximum absolute atomic E-state index is 10.5. The molecule has 1 aliphatic heterocycles. The molecule has 1 fully saturated rings. The first-order valence-electron chi connectivity index (χ1n) is 6.50. The monoisotopic (exact) mass is 248 g/mol. The summed E-state index contributed by atoms with van der Waals surface area (Å²) in [4.78, 5) is 17.3. The van der Waals surface area contributed by atoms with Gasteiger partial charge in [0.1, 0.15) is 0 Å². The van der Waals surface area contributed by atoms with E-state index in [0.717, 1.165) is 38.2 Å². The maximum atomic E-state index is 10.5. The number of nitrogens with zero attached hydrogens (tertiary/aromatic N) is 2. The Morgan fingerprint density at radius 1 is 1.61 bits per heavy atom. The standard InChI is InChI=1S/C14H20N2O2/c1-11-3-2-7-15-13(11)10-16-8-6-12(9-16)4-5-14(17)18/h2-3,7,12H,4-6,8-10H2,1H3,(H,17,18). The fourth-order valence-electron chi connectivity index (χ4n) is 2.52. The molecule has 1 atom stereocenters. The van der Waals surface area contributed by atoms with Gasteiger partial charge in [0.2, 0.25) is 0 Å². The van der Waals surface area contributed by atoms with E-state index in [1.165, 1.54) is 5.56 Å². The average Bonchev–Trinajstić information content (AvgIpc) is 2.77. The molecule has 2 rings (SSSR count). The van der Waals surface area contributed by atoms with Crippen LogP contribution in [0.15, 0.2) is 18.3 Å². The number of aryl methyl sites for hydroxylation is 1. The molecule has 1 N–H and O–H groups in total. The van der Waals surface area contributed by atoms with Gasteiger partial charge >= 0.3 is 5.97 Å². The molecule has 1 aliphatic rings. The summed E-state index contributed by atoms with van der Waals surface area (Å²) in [6.07, 6.45) is 4.04. The Bertz CT molecular complexity index is 420. The van der Waals surface area contributed by atoms with Crippen LogP contribution in [0.5, 0.6) is 0 Å². The highest BCUT2D eigenvalue weighted by Gasteiger charge is 2.23. The highest BCUT2D eigenvalue weighted by Crippen LogP contribution is 2.22. The van der Waals surface area contributed by atoms with E-state index in [-0.39, 0.29) is 0 Å². The Balaban J connectivity index is 1.83. The van der Waals surface area contributed by atoms with E-state index in [1.807, 2.05) is 12.3 Å². The minimum Gasteiger partial charge on any atom is -0.481 e. The Labute approximate surface area is 108 Å². The third kappa shape index (κ3) is 3.53. The molecule has 0 saturated carbocycles. The zero-order valence-electron chi connectivity index (χ0n) is 10.8. The van der Waals surface area contributed by atoms with E-state index < -0.39 is 5.97 Å². The molecule has 0 spiro atoms. The van der Waals surface area contributed by atoms with Crippen molar-refractivity contribution in [3.63, 3.8) is 0 Å². The smallest absolute Gasteiger partial charge is 0.303 e. The molecule has 1 saturated heterocycles. The molecule has 0 bridgehead atoms. The lowest BCUT2D eigenvalue weighted by atomic mass is 10.0. The van der Waals surface area contributed by atoms with Gasteiger partial charge in [-0.2, -0.15) is 0 Å². The number of aliphatic carboxylic acids is 1. The number of hydrogen-bond acceptors (Lipinski definition) is 3. The minimum absolute atomic E-state index is 0.293. The van der Waals surface area contributed by atoms with E-state index in [9.17, 15) is 4.79 Å². The molecule has 4 heteroatoms. The second-order valence-corrected chi connectivity index (χ2v) is 5.09. The topological polar surface area (TPSA) is 53.4 Å². The van der Waals surface area contributed by atoms with E-state index in [1.54, 1.807) is 0 Å². The van der Waals surface area contributed by atoms with Gasteiger partial charge in [0.05, 0.1) is 5.69 Å².